The normalized spacial score (nSPS) is 14.1. The van der Waals surface area contributed by atoms with E-state index in [-0.39, 0.29) is 11.8 Å². The molecule has 10 heteroatoms. The van der Waals surface area contributed by atoms with Crippen LogP contribution >= 0.6 is 11.3 Å². The average Bonchev–Trinajstić information content (AvgIpc) is 1.71. The molecule has 0 spiro atoms. The Balaban J connectivity index is 0.000000180. The van der Waals surface area contributed by atoms with Gasteiger partial charge in [0.1, 0.15) is 28.8 Å². The molecule has 0 amide bonds. The number of esters is 1. The van der Waals surface area contributed by atoms with Gasteiger partial charge in [-0.15, -0.1) is 11.3 Å². The molecule has 0 saturated heterocycles. The topological polar surface area (TPSA) is 103 Å². The van der Waals surface area contributed by atoms with Gasteiger partial charge in [-0.05, 0) is 347 Å². The molecule has 2 aromatic heterocycles. The summed E-state index contributed by atoms with van der Waals surface area (Å²) >= 11 is 1.86. The van der Waals surface area contributed by atoms with Gasteiger partial charge >= 0.3 is 5.97 Å². The highest BCUT2D eigenvalue weighted by atomic mass is 32.1. The number of thiophene rings is 1. The van der Waals surface area contributed by atoms with Gasteiger partial charge in [0.25, 0.3) is 0 Å². The number of carbonyl (C=O) groups is 2. The first-order valence-corrected chi connectivity index (χ1v) is 55.6. The van der Waals surface area contributed by atoms with Crippen LogP contribution in [0.3, 0.4) is 0 Å². The Labute approximate surface area is 890 Å². The molecule has 9 nitrogen and oxygen atoms in total. The third-order valence-corrected chi connectivity index (χ3v) is 28.3. The number of benzene rings is 12. The van der Waals surface area contributed by atoms with Crippen LogP contribution in [0.4, 0.5) is 0 Å². The summed E-state index contributed by atoms with van der Waals surface area (Å²) < 4.78 is 37.9. The first-order valence-electron chi connectivity index (χ1n) is 54.8. The zero-order chi connectivity index (χ0) is 106. The van der Waals surface area contributed by atoms with Gasteiger partial charge in [-0.25, -0.2) is 4.79 Å². The number of para-hydroxylation sites is 3. The smallest absolute Gasteiger partial charge is 0.338 e. The summed E-state index contributed by atoms with van der Waals surface area (Å²) in [5.41, 5.74) is 24.2. The average molecular weight is 2000 g/mol. The van der Waals surface area contributed by atoms with Crippen LogP contribution in [0.2, 0.25) is 0 Å². The Morgan fingerprint density at radius 2 is 0.939 bits per heavy atom. The number of aryl methyl sites for hydroxylation is 3. The summed E-state index contributed by atoms with van der Waals surface area (Å²) in [6.45, 7) is 55.1. The zero-order valence-corrected chi connectivity index (χ0v) is 94.2. The number of rotatable bonds is 24. The van der Waals surface area contributed by atoms with E-state index in [1.807, 2.05) is 169 Å². The van der Waals surface area contributed by atoms with Crippen molar-refractivity contribution in [2.75, 3.05) is 20.0 Å². The van der Waals surface area contributed by atoms with Crippen molar-refractivity contribution in [1.29, 1.82) is 0 Å². The molecule has 5 aliphatic rings. The number of carbonyl (C=O) groups excluding carboxylic acids is 2. The van der Waals surface area contributed by atoms with E-state index in [2.05, 4.69) is 322 Å². The first-order chi connectivity index (χ1) is 70.7. The second-order valence-corrected chi connectivity index (χ2v) is 43.8. The lowest BCUT2D eigenvalue weighted by molar-refractivity contribution is 0.0499. The number of fused-ring (bicyclic) bond motifs is 4. The number of furan rings is 1. The molecule has 2 unspecified atom stereocenters. The molecule has 0 radical (unpaired) electrons. The Morgan fingerprint density at radius 1 is 0.408 bits per heavy atom. The van der Waals surface area contributed by atoms with E-state index in [9.17, 15) is 9.59 Å². The van der Waals surface area contributed by atoms with Gasteiger partial charge in [0.05, 0.1) is 31.6 Å². The van der Waals surface area contributed by atoms with Crippen molar-refractivity contribution in [3.05, 3.63) is 427 Å². The van der Waals surface area contributed by atoms with Gasteiger partial charge in [-0.1, -0.05) is 390 Å². The van der Waals surface area contributed by atoms with Crippen molar-refractivity contribution in [1.82, 2.24) is 0 Å². The van der Waals surface area contributed by atoms with Crippen molar-refractivity contribution in [2.24, 2.45) is 23.7 Å². The van der Waals surface area contributed by atoms with E-state index in [4.69, 9.17) is 32.8 Å². The molecule has 3 atom stereocenters. The molecule has 1 fully saturated rings. The fraction of sp³-hybridized carbons (Fsp3) is 0.401. The summed E-state index contributed by atoms with van der Waals surface area (Å²) in [5, 5.41) is 2.15. The second-order valence-electron chi connectivity index (χ2n) is 42.8. The minimum atomic E-state index is -0.219. The van der Waals surface area contributed by atoms with Gasteiger partial charge in [0.2, 0.25) is 6.79 Å². The van der Waals surface area contributed by atoms with Crippen molar-refractivity contribution in [2.45, 2.75) is 315 Å². The standard InChI is InChI=1S/2C15H16O.C14H20O2.C13H14O.2C13H18.C12H16O.C12H16.C11H14O.C10H12O2.C9H14S/c1-12(2)14-10-6-7-11-15(14)16-13-8-4-3-5-9-13;1-12(2)13-8-10-15(11-9-13)16-14-6-4-3-5-7-14;1-4-5-10-16-14(15)13-8-6-12(7-9-13)11(2)3;1-10(2)11-5-7-12(8-6-11)13-4-3-9-14-13;2*1-10(2)12-9-5-7-11-6-3-4-8-13(11)12;1-9(2)10-3-4-12-8-13-6-5-11(12)7-10;1-9(2)11-8-12(11)10-6-4-3-5-7-10;1-8(2)10-5-4-6-11(7-10)9(3)12;1-7(2)8-3-4-9-10(5-8)12-6-11-9;1-8(2)5-6-9-4-3-7-10-9/h2*3-12H,1-2H3;6-9,11H,4-5,10H2,1-3H3;3-10H,1-2H3;5,7,9-10H,3-4,6,8H2,1-2H3;3-4,6,8,10,12H,5,7,9H2,1-2H3;3-4,7,9H,5-6,8H2,1-2H3;3-7,9,11-12H,8H2,1-2H3;4-8H,1-3H3;3-5,7H,6H2,1-2H3;3-4,7-8H,5-6H2,1-2H3/t;;;;;;;11-,12?;;;/m.......0.../s1. The highest BCUT2D eigenvalue weighted by Crippen LogP contribution is 2.52. The predicted octanol–water partition coefficient (Wildman–Crippen LogP) is 39.7. The molecular weight excluding hydrogens is 1820 g/mol. The minimum absolute atomic E-state index is 0.137. The molecule has 19 rings (SSSR count). The number of ether oxygens (including phenoxy) is 6. The molecule has 1 saturated carbocycles. The molecular formula is C137H174O9S. The predicted molar refractivity (Wildman–Crippen MR) is 623 cm³/mol. The first kappa shape index (κ1) is 118. The SMILES string of the molecule is CC(=O)c1cccc(C(C)C)c1.CC(C)C1CCCc2ccccc21.CC(C)CCc1cccs1.CC(C)[C@@H]1CC1c1ccccc1.CC(C)c1ccc(-c2ccco2)cc1.CC(C)c1ccc(Oc2ccccc2)cc1.CC(C)c1ccc2c(c1)CCOC2.CC(C)c1ccc2c(c1)OCO2.CC(C)c1cccc2c1CCCC2.CC(C)c1ccccc1Oc1ccccc1.CCCCOC(=O)c1ccc(C(C)C)cc1. The van der Waals surface area contributed by atoms with Crippen molar-refractivity contribution < 1.29 is 42.4 Å². The van der Waals surface area contributed by atoms with Crippen LogP contribution in [0, 0.1) is 23.7 Å². The Morgan fingerprint density at radius 3 is 1.52 bits per heavy atom. The summed E-state index contributed by atoms with van der Waals surface area (Å²) in [6.07, 6.45) is 18.2. The summed E-state index contributed by atoms with van der Waals surface area (Å²) in [6, 6.07) is 108. The van der Waals surface area contributed by atoms with Crippen molar-refractivity contribution in [3.63, 3.8) is 0 Å². The molecule has 2 aliphatic heterocycles. The van der Waals surface area contributed by atoms with Gasteiger partial charge < -0.3 is 32.8 Å². The van der Waals surface area contributed by atoms with Gasteiger partial charge in [-0.3, -0.25) is 4.79 Å². The fourth-order valence-electron chi connectivity index (χ4n) is 18.0. The number of ketones is 1. The Kier molecular flexibility index (Phi) is 51.2. The zero-order valence-electron chi connectivity index (χ0n) is 93.4. The fourth-order valence-corrected chi connectivity index (χ4v) is 18.7. The number of unbranched alkanes of at least 4 members (excludes halogenated alkanes) is 1. The Bertz CT molecular complexity index is 6000. The second kappa shape index (κ2) is 63.6. The lowest BCUT2D eigenvalue weighted by atomic mass is 9.77. The third-order valence-electron chi connectivity index (χ3n) is 27.4. The summed E-state index contributed by atoms with van der Waals surface area (Å²) in [7, 11) is 0. The lowest BCUT2D eigenvalue weighted by Crippen LogP contribution is -2.14. The van der Waals surface area contributed by atoms with Crippen LogP contribution in [0.1, 0.15) is 386 Å². The van der Waals surface area contributed by atoms with E-state index in [1.165, 1.54) is 125 Å². The van der Waals surface area contributed by atoms with Crippen molar-refractivity contribution in [3.8, 4) is 45.8 Å². The van der Waals surface area contributed by atoms with Gasteiger partial charge in [0.15, 0.2) is 17.3 Å². The quantitative estimate of drug-likeness (QED) is 0.0332. The van der Waals surface area contributed by atoms with Crippen LogP contribution in [-0.4, -0.2) is 31.8 Å². The van der Waals surface area contributed by atoms with E-state index in [0.717, 1.165) is 119 Å². The van der Waals surface area contributed by atoms with Crippen LogP contribution in [-0.2, 0) is 48.2 Å². The Hall–Kier alpha value is -12.1. The molecule has 4 heterocycles. The molecule has 0 bridgehead atoms. The van der Waals surface area contributed by atoms with Crippen LogP contribution < -0.4 is 18.9 Å². The highest BCUT2D eigenvalue weighted by molar-refractivity contribution is 7.09. The van der Waals surface area contributed by atoms with Crippen LogP contribution in [0.25, 0.3) is 11.3 Å². The van der Waals surface area contributed by atoms with E-state index >= 15 is 0 Å². The largest absolute Gasteiger partial charge is 0.464 e. The van der Waals surface area contributed by atoms with Crippen LogP contribution in [0.5, 0.6) is 34.5 Å². The monoisotopic (exact) mass is 2000 g/mol. The molecule has 12 aromatic carbocycles. The molecule has 782 valence electrons. The molecule has 3 aliphatic carbocycles. The maximum Gasteiger partial charge on any atom is 0.338 e. The maximum atomic E-state index is 11.6. The molecule has 147 heavy (non-hydrogen) atoms. The van der Waals surface area contributed by atoms with Gasteiger partial charge in [0, 0.05) is 16.0 Å². The van der Waals surface area contributed by atoms with Gasteiger partial charge in [-0.2, -0.15) is 0 Å². The highest BCUT2D eigenvalue weighted by Gasteiger charge is 2.40. The van der Waals surface area contributed by atoms with E-state index in [1.54, 1.807) is 41.0 Å². The summed E-state index contributed by atoms with van der Waals surface area (Å²) in [5.74, 6) is 15.8. The molecule has 0 N–H and O–H groups in total. The van der Waals surface area contributed by atoms with Crippen molar-refractivity contribution >= 4 is 23.1 Å². The number of Topliss-reactive ketones (excluding diaryl/α,β-unsaturated/α-hetero) is 1. The lowest BCUT2D eigenvalue weighted by Gasteiger charge is -2.28. The minimum Gasteiger partial charge on any atom is -0.464 e. The number of hydrogen-bond acceptors (Lipinski definition) is 10. The van der Waals surface area contributed by atoms with E-state index < -0.39 is 0 Å². The molecule has 14 aromatic rings. The maximum absolute atomic E-state index is 11.6. The van der Waals surface area contributed by atoms with Crippen LogP contribution in [0.15, 0.2) is 332 Å². The third kappa shape index (κ3) is 41.2. The summed E-state index contributed by atoms with van der Waals surface area (Å²) in [4.78, 5) is 24.1. The van der Waals surface area contributed by atoms with E-state index in [0.29, 0.717) is 66.3 Å². The number of hydrogen-bond donors (Lipinski definition) is 0.